The Labute approximate surface area is 238 Å². The SMILES string of the molecule is CCCCCCC1OC(n2cnc3c(N)nc(N)nc32)C(OC)C1OP(=O)(O)OC(CCCCC)CCCCC. The number of unbranched alkanes of at least 4 members (excludes halogenated alkanes) is 7. The summed E-state index contributed by atoms with van der Waals surface area (Å²) in [7, 11) is -2.92. The van der Waals surface area contributed by atoms with Gasteiger partial charge in [-0.25, -0.2) is 9.55 Å². The first-order valence-corrected chi connectivity index (χ1v) is 16.4. The maximum Gasteiger partial charge on any atom is 0.472 e. The lowest BCUT2D eigenvalue weighted by molar-refractivity contribution is -0.0508. The summed E-state index contributed by atoms with van der Waals surface area (Å²) in [5, 5.41) is 0. The van der Waals surface area contributed by atoms with Crippen LogP contribution in [0.3, 0.4) is 0 Å². The summed E-state index contributed by atoms with van der Waals surface area (Å²) >= 11 is 0. The molecule has 0 bridgehead atoms. The van der Waals surface area contributed by atoms with Crippen LogP contribution >= 0.6 is 7.82 Å². The Morgan fingerprint density at radius 2 is 1.65 bits per heavy atom. The Kier molecular flexibility index (Phi) is 13.1. The van der Waals surface area contributed by atoms with Crippen molar-refractivity contribution in [3.63, 3.8) is 0 Å². The molecule has 0 aromatic carbocycles. The van der Waals surface area contributed by atoms with Crippen LogP contribution in [-0.2, 0) is 23.1 Å². The highest BCUT2D eigenvalue weighted by Crippen LogP contribution is 2.51. The summed E-state index contributed by atoms with van der Waals surface area (Å²) in [5.41, 5.74) is 12.6. The number of nitrogen functional groups attached to an aromatic ring is 2. The fourth-order valence-corrected chi connectivity index (χ4v) is 6.52. The van der Waals surface area contributed by atoms with Crippen LogP contribution in [0.1, 0.15) is 110 Å². The zero-order chi connectivity index (χ0) is 29.1. The molecule has 5 unspecified atom stereocenters. The van der Waals surface area contributed by atoms with E-state index in [0.29, 0.717) is 30.4 Å². The first-order valence-electron chi connectivity index (χ1n) is 14.9. The van der Waals surface area contributed by atoms with Gasteiger partial charge in [0.1, 0.15) is 17.7 Å². The standard InChI is InChI=1S/C27H49N6O6P/c1-5-8-11-14-17-20-22(39-40(34,35)38-19(15-12-9-6-2)16-13-10-7-3)23(36-4)26(37-20)33-18-30-21-24(28)31-27(29)32-25(21)33/h18-20,22-23,26H,5-17H2,1-4H3,(H,34,35)(H4,28,29,31,32). The molecular weight excluding hydrogens is 535 g/mol. The van der Waals surface area contributed by atoms with Crippen molar-refractivity contribution in [2.75, 3.05) is 18.6 Å². The molecule has 40 heavy (non-hydrogen) atoms. The molecule has 1 aliphatic rings. The van der Waals surface area contributed by atoms with Crippen molar-refractivity contribution < 1.29 is 28.0 Å². The van der Waals surface area contributed by atoms with E-state index < -0.39 is 32.4 Å². The molecule has 0 spiro atoms. The number of hydrogen-bond acceptors (Lipinski definition) is 10. The lowest BCUT2D eigenvalue weighted by atomic mass is 10.0. The monoisotopic (exact) mass is 584 g/mol. The molecule has 3 rings (SSSR count). The zero-order valence-electron chi connectivity index (χ0n) is 24.5. The number of phosphoric ester groups is 1. The molecule has 1 aliphatic heterocycles. The van der Waals surface area contributed by atoms with Gasteiger partial charge in [-0.3, -0.25) is 13.6 Å². The number of hydrogen-bond donors (Lipinski definition) is 3. The fourth-order valence-electron chi connectivity index (χ4n) is 5.32. The number of fused-ring (bicyclic) bond motifs is 1. The highest BCUT2D eigenvalue weighted by Gasteiger charge is 2.50. The van der Waals surface area contributed by atoms with Crippen LogP contribution in [0.2, 0.25) is 0 Å². The third-order valence-corrected chi connectivity index (χ3v) is 8.51. The summed E-state index contributed by atoms with van der Waals surface area (Å²) in [4.78, 5) is 23.6. The van der Waals surface area contributed by atoms with Gasteiger partial charge in [-0.15, -0.1) is 0 Å². The van der Waals surface area contributed by atoms with Gasteiger partial charge >= 0.3 is 7.82 Å². The minimum atomic E-state index is -4.45. The molecule has 0 amide bonds. The van der Waals surface area contributed by atoms with Gasteiger partial charge in [-0.05, 0) is 19.3 Å². The maximum atomic E-state index is 13.5. The van der Waals surface area contributed by atoms with Crippen LogP contribution in [-0.4, -0.2) is 55.9 Å². The molecule has 1 saturated heterocycles. The van der Waals surface area contributed by atoms with Crippen molar-refractivity contribution in [3.05, 3.63) is 6.33 Å². The second kappa shape index (κ2) is 16.0. The summed E-state index contributed by atoms with van der Waals surface area (Å²) in [5.74, 6) is 0.163. The number of phosphoric acid groups is 1. The third-order valence-electron chi connectivity index (χ3n) is 7.44. The Balaban J connectivity index is 1.84. The van der Waals surface area contributed by atoms with Gasteiger partial charge in [0.15, 0.2) is 17.7 Å². The van der Waals surface area contributed by atoms with Crippen molar-refractivity contribution >= 4 is 30.8 Å². The van der Waals surface area contributed by atoms with Gasteiger partial charge in [0.05, 0.1) is 18.5 Å². The summed E-state index contributed by atoms with van der Waals surface area (Å²) in [6, 6.07) is 0. The topological polar surface area (TPSA) is 170 Å². The second-order valence-electron chi connectivity index (χ2n) is 10.7. The van der Waals surface area contributed by atoms with Crippen LogP contribution in [0.25, 0.3) is 11.2 Å². The van der Waals surface area contributed by atoms with Gasteiger partial charge in [-0.1, -0.05) is 85.0 Å². The van der Waals surface area contributed by atoms with E-state index in [1.54, 1.807) is 4.57 Å². The average Bonchev–Trinajstić information content (AvgIpc) is 3.47. The predicted octanol–water partition coefficient (Wildman–Crippen LogP) is 5.90. The number of nitrogens with zero attached hydrogens (tertiary/aromatic N) is 4. The summed E-state index contributed by atoms with van der Waals surface area (Å²) < 4.78 is 39.1. The van der Waals surface area contributed by atoms with Crippen LogP contribution < -0.4 is 11.5 Å². The molecule has 2 aromatic heterocycles. The minimum Gasteiger partial charge on any atom is -0.382 e. The Morgan fingerprint density at radius 3 is 2.27 bits per heavy atom. The van der Waals surface area contributed by atoms with Crippen molar-refractivity contribution in [2.24, 2.45) is 0 Å². The number of nitrogens with two attached hydrogens (primary N) is 2. The van der Waals surface area contributed by atoms with E-state index in [-0.39, 0.29) is 17.9 Å². The number of aromatic nitrogens is 4. The van der Waals surface area contributed by atoms with Crippen molar-refractivity contribution in [2.45, 2.75) is 135 Å². The summed E-state index contributed by atoms with van der Waals surface area (Å²) in [6.07, 6.45) is 10.6. The van der Waals surface area contributed by atoms with Gasteiger partial charge in [0.2, 0.25) is 5.95 Å². The molecule has 1 fully saturated rings. The molecule has 0 radical (unpaired) electrons. The molecule has 13 heteroatoms. The first kappa shape index (κ1) is 32.7. The number of ether oxygens (including phenoxy) is 2. The number of rotatable bonds is 19. The molecule has 228 valence electrons. The van der Waals surface area contributed by atoms with Crippen LogP contribution in [0, 0.1) is 0 Å². The van der Waals surface area contributed by atoms with E-state index in [1.807, 2.05) is 0 Å². The van der Waals surface area contributed by atoms with Gasteiger partial charge in [0, 0.05) is 7.11 Å². The quantitative estimate of drug-likeness (QED) is 0.133. The predicted molar refractivity (Wildman–Crippen MR) is 155 cm³/mol. The van der Waals surface area contributed by atoms with Crippen molar-refractivity contribution in [1.82, 2.24) is 19.5 Å². The largest absolute Gasteiger partial charge is 0.472 e. The van der Waals surface area contributed by atoms with E-state index in [4.69, 9.17) is 30.0 Å². The maximum absolute atomic E-state index is 13.5. The molecular formula is C27H49N6O6P. The third kappa shape index (κ3) is 8.84. The highest BCUT2D eigenvalue weighted by atomic mass is 31.2. The fraction of sp³-hybridized carbons (Fsp3) is 0.815. The van der Waals surface area contributed by atoms with E-state index in [9.17, 15) is 9.46 Å². The van der Waals surface area contributed by atoms with E-state index in [0.717, 1.165) is 64.2 Å². The Hall–Kier alpha value is -1.82. The Bertz CT molecular complexity index is 1080. The van der Waals surface area contributed by atoms with E-state index in [2.05, 4.69) is 35.7 Å². The van der Waals surface area contributed by atoms with Crippen molar-refractivity contribution in [3.8, 4) is 0 Å². The first-order chi connectivity index (χ1) is 19.2. The number of anilines is 2. The Morgan fingerprint density at radius 1 is 1.00 bits per heavy atom. The van der Waals surface area contributed by atoms with E-state index >= 15 is 0 Å². The van der Waals surface area contributed by atoms with Gasteiger partial charge in [0.25, 0.3) is 0 Å². The van der Waals surface area contributed by atoms with Gasteiger partial charge in [-0.2, -0.15) is 9.97 Å². The molecule has 5 N–H and O–H groups in total. The number of methoxy groups -OCH3 is 1. The lowest BCUT2D eigenvalue weighted by Gasteiger charge is -2.27. The molecule has 12 nitrogen and oxygen atoms in total. The second-order valence-corrected chi connectivity index (χ2v) is 12.0. The molecule has 5 atom stereocenters. The van der Waals surface area contributed by atoms with Crippen molar-refractivity contribution in [1.29, 1.82) is 0 Å². The minimum absolute atomic E-state index is 0.00748. The smallest absolute Gasteiger partial charge is 0.382 e. The lowest BCUT2D eigenvalue weighted by Crippen LogP contribution is -2.36. The van der Waals surface area contributed by atoms with E-state index in [1.165, 1.54) is 13.4 Å². The molecule has 2 aromatic rings. The average molecular weight is 585 g/mol. The van der Waals surface area contributed by atoms with Crippen LogP contribution in [0.4, 0.5) is 11.8 Å². The van der Waals surface area contributed by atoms with Crippen LogP contribution in [0.15, 0.2) is 6.33 Å². The number of imidazole rings is 1. The van der Waals surface area contributed by atoms with Gasteiger partial charge < -0.3 is 25.8 Å². The summed E-state index contributed by atoms with van der Waals surface area (Å²) in [6.45, 7) is 6.41. The highest BCUT2D eigenvalue weighted by molar-refractivity contribution is 7.47. The molecule has 0 saturated carbocycles. The zero-order valence-corrected chi connectivity index (χ0v) is 25.4. The normalized spacial score (nSPS) is 22.9. The molecule has 3 heterocycles. The van der Waals surface area contributed by atoms with Crippen LogP contribution in [0.5, 0.6) is 0 Å². The molecule has 0 aliphatic carbocycles.